The zero-order valence-corrected chi connectivity index (χ0v) is 35.3. The summed E-state index contributed by atoms with van der Waals surface area (Å²) in [7, 11) is -4.29. The van der Waals surface area contributed by atoms with Crippen LogP contribution in [0.4, 0.5) is 0 Å². The normalized spacial score (nSPS) is 20.4. The van der Waals surface area contributed by atoms with Crippen LogP contribution in [0.25, 0.3) is 11.6 Å². The van der Waals surface area contributed by atoms with E-state index in [9.17, 15) is 0 Å². The number of hydrogen-bond donors (Lipinski definition) is 0. The molecule has 3 aliphatic rings. The van der Waals surface area contributed by atoms with Crippen molar-refractivity contribution in [1.29, 1.82) is 0 Å². The summed E-state index contributed by atoms with van der Waals surface area (Å²) in [5.74, 6) is 1.21. The van der Waals surface area contributed by atoms with Gasteiger partial charge in [0.05, 0.1) is 8.07 Å². The quantitative estimate of drug-likeness (QED) is 0.199. The molecule has 2 aromatic carbocycles. The molecule has 3 heteroatoms. The van der Waals surface area contributed by atoms with E-state index in [0.29, 0.717) is 12.1 Å². The lowest BCUT2D eigenvalue weighted by molar-refractivity contribution is 0.368. The van der Waals surface area contributed by atoms with Crippen LogP contribution in [-0.2, 0) is 5.41 Å². The van der Waals surface area contributed by atoms with Gasteiger partial charge < -0.3 is 4.74 Å². The van der Waals surface area contributed by atoms with Gasteiger partial charge in [-0.05, 0) is 84.3 Å². The molecule has 0 N–H and O–H groups in total. The molecular formula is C45H66OSi2. The summed E-state index contributed by atoms with van der Waals surface area (Å²) in [5, 5.41) is 6.15. The molecule has 0 amide bonds. The lowest BCUT2D eigenvalue weighted by Crippen LogP contribution is -2.57. The third-order valence-electron chi connectivity index (χ3n) is 12.9. The maximum Gasteiger partial charge on any atom is 0.118 e. The number of benzene rings is 2. The monoisotopic (exact) mass is 678 g/mol. The maximum atomic E-state index is 7.00. The van der Waals surface area contributed by atoms with Crippen LogP contribution in [-0.4, -0.2) is 22.8 Å². The van der Waals surface area contributed by atoms with Crippen molar-refractivity contribution in [2.45, 2.75) is 144 Å². The highest BCUT2D eigenvalue weighted by Gasteiger charge is 2.54. The van der Waals surface area contributed by atoms with Crippen molar-refractivity contribution < 1.29 is 4.74 Å². The Morgan fingerprint density at radius 3 is 2.10 bits per heavy atom. The van der Waals surface area contributed by atoms with Gasteiger partial charge in [0.25, 0.3) is 0 Å². The number of aryl methyl sites for hydroxylation is 1. The number of allylic oxidation sites excluding steroid dienone is 4. The number of fused-ring (bicyclic) bond motifs is 3. The fourth-order valence-electron chi connectivity index (χ4n) is 9.12. The van der Waals surface area contributed by atoms with E-state index in [1.165, 1.54) is 57.4 Å². The molecule has 0 heterocycles. The molecule has 2 aromatic rings. The highest BCUT2D eigenvalue weighted by molar-refractivity contribution is 6.97. The van der Waals surface area contributed by atoms with E-state index in [4.69, 9.17) is 4.74 Å². The molecule has 0 saturated carbocycles. The lowest BCUT2D eigenvalue weighted by Gasteiger charge is -2.44. The zero-order chi connectivity index (χ0) is 35.8. The molecule has 0 fully saturated rings. The van der Waals surface area contributed by atoms with Crippen LogP contribution in [0.3, 0.4) is 0 Å². The molecule has 0 aliphatic heterocycles. The average molecular weight is 679 g/mol. The van der Waals surface area contributed by atoms with Crippen molar-refractivity contribution in [3.05, 3.63) is 87.3 Å². The average Bonchev–Trinajstić information content (AvgIpc) is 3.31. The van der Waals surface area contributed by atoms with E-state index in [1.54, 1.807) is 27.5 Å². The predicted molar refractivity (Wildman–Crippen MR) is 218 cm³/mol. The molecular weight excluding hydrogens is 613 g/mol. The fraction of sp³-hybridized carbons (Fsp3) is 0.556. The first-order chi connectivity index (χ1) is 22.1. The Bertz CT molecular complexity index is 1810. The number of ether oxygens (including phenoxy) is 1. The minimum atomic E-state index is -2.34. The third-order valence-corrected chi connectivity index (χ3v) is 24.1. The second-order valence-electron chi connectivity index (χ2n) is 19.2. The summed E-state index contributed by atoms with van der Waals surface area (Å²) in [4.78, 5) is 0. The van der Waals surface area contributed by atoms with Gasteiger partial charge in [0.2, 0.25) is 0 Å². The second-order valence-corrected chi connectivity index (χ2v) is 29.4. The van der Waals surface area contributed by atoms with E-state index in [2.05, 4.69) is 152 Å². The van der Waals surface area contributed by atoms with E-state index < -0.39 is 16.1 Å². The standard InChI is InChI=1S/C45H66OSi2/c1-17-24-46-40-36(47(15,16)43(8,9)10)25-30(4)26-37(40)48(18-2,19-3)41-35-29-44(11,12)23-22-34(35)39-38(41)33-21-20-32(42(5,6)7)27-31(33)28-45(39,13)14/h17,20-21,25-29,41H,1,18-19,22-24H2,2-16H3. The largest absolute Gasteiger partial charge is 0.490 e. The van der Waals surface area contributed by atoms with Gasteiger partial charge in [0, 0.05) is 11.0 Å². The zero-order valence-electron chi connectivity index (χ0n) is 33.3. The summed E-state index contributed by atoms with van der Waals surface area (Å²) in [6, 6.07) is 14.9. The second kappa shape index (κ2) is 12.1. The Morgan fingerprint density at radius 2 is 1.54 bits per heavy atom. The van der Waals surface area contributed by atoms with Gasteiger partial charge in [-0.25, -0.2) is 0 Å². The van der Waals surface area contributed by atoms with Gasteiger partial charge in [-0.2, -0.15) is 0 Å². The number of rotatable bonds is 8. The molecule has 3 aliphatic carbocycles. The van der Waals surface area contributed by atoms with Gasteiger partial charge >= 0.3 is 0 Å². The predicted octanol–water partition coefficient (Wildman–Crippen LogP) is 10.4. The van der Waals surface area contributed by atoms with Crippen molar-refractivity contribution in [1.82, 2.24) is 0 Å². The van der Waals surface area contributed by atoms with Gasteiger partial charge in [0.15, 0.2) is 0 Å². The van der Waals surface area contributed by atoms with Crippen LogP contribution in [0.15, 0.2) is 65.8 Å². The van der Waals surface area contributed by atoms with Crippen LogP contribution < -0.4 is 25.5 Å². The molecule has 1 atom stereocenters. The van der Waals surface area contributed by atoms with Gasteiger partial charge in [-0.15, -0.1) is 0 Å². The Kier molecular flexibility index (Phi) is 9.34. The summed E-state index contributed by atoms with van der Waals surface area (Å²) in [6.45, 7) is 41.4. The van der Waals surface area contributed by atoms with Gasteiger partial charge in [0.1, 0.15) is 20.4 Å². The minimum Gasteiger partial charge on any atom is -0.490 e. The SMILES string of the molecule is C=CCOc1c([Si](CC)(CC)C2C3=CC(C)(C)CCC3=C3C2=c2ccc(C(C)(C)C)cc2=CC3(C)C)cc(C)cc1[Si](C)(C)C(C)(C)C. The lowest BCUT2D eigenvalue weighted by atomic mass is 9.72. The van der Waals surface area contributed by atoms with Crippen LogP contribution in [0.1, 0.15) is 107 Å². The smallest absolute Gasteiger partial charge is 0.118 e. The first kappa shape index (κ1) is 36.9. The van der Waals surface area contributed by atoms with Crippen LogP contribution >= 0.6 is 0 Å². The van der Waals surface area contributed by atoms with E-state index in [-0.39, 0.29) is 21.3 Å². The molecule has 1 nitrogen and oxygen atoms in total. The first-order valence-electron chi connectivity index (χ1n) is 18.8. The van der Waals surface area contributed by atoms with Crippen molar-refractivity contribution in [3.8, 4) is 5.75 Å². The van der Waals surface area contributed by atoms with Crippen LogP contribution in [0.2, 0.25) is 35.8 Å². The molecule has 0 radical (unpaired) electrons. The summed E-state index contributed by atoms with van der Waals surface area (Å²) in [6.07, 6.45) is 9.65. The van der Waals surface area contributed by atoms with Crippen molar-refractivity contribution in [2.75, 3.05) is 6.61 Å². The highest BCUT2D eigenvalue weighted by atomic mass is 28.3. The Hall–Kier alpha value is -2.37. The first-order valence-corrected chi connectivity index (χ1v) is 24.3. The van der Waals surface area contributed by atoms with Crippen LogP contribution in [0, 0.1) is 17.8 Å². The molecule has 0 saturated heterocycles. The number of hydrogen-bond acceptors (Lipinski definition) is 1. The Morgan fingerprint density at radius 1 is 0.917 bits per heavy atom. The van der Waals surface area contributed by atoms with E-state index in [1.807, 2.05) is 6.08 Å². The molecule has 1 unspecified atom stereocenters. The van der Waals surface area contributed by atoms with E-state index >= 15 is 0 Å². The van der Waals surface area contributed by atoms with E-state index in [0.717, 1.165) is 0 Å². The maximum absolute atomic E-state index is 7.00. The van der Waals surface area contributed by atoms with Gasteiger partial charge in [-0.3, -0.25) is 0 Å². The van der Waals surface area contributed by atoms with Crippen molar-refractivity contribution >= 4 is 38.2 Å². The fourth-order valence-corrected chi connectivity index (χ4v) is 16.7. The molecule has 260 valence electrons. The van der Waals surface area contributed by atoms with Crippen molar-refractivity contribution in [3.63, 3.8) is 0 Å². The summed E-state index contributed by atoms with van der Waals surface area (Å²) in [5.41, 5.74) is 10.1. The molecule has 0 aromatic heterocycles. The molecule has 0 spiro atoms. The van der Waals surface area contributed by atoms with Crippen molar-refractivity contribution in [2.24, 2.45) is 10.8 Å². The third kappa shape index (κ3) is 5.93. The van der Waals surface area contributed by atoms with Gasteiger partial charge in [-0.1, -0.05) is 169 Å². The molecule has 0 bridgehead atoms. The summed E-state index contributed by atoms with van der Waals surface area (Å²) >= 11 is 0. The van der Waals surface area contributed by atoms with Crippen LogP contribution in [0.5, 0.6) is 5.75 Å². The Balaban J connectivity index is 1.97. The topological polar surface area (TPSA) is 9.23 Å². The highest BCUT2D eigenvalue weighted by Crippen LogP contribution is 2.62. The minimum absolute atomic E-state index is 0.0355. The molecule has 5 rings (SSSR count). The Labute approximate surface area is 296 Å². The molecule has 48 heavy (non-hydrogen) atoms. The summed E-state index contributed by atoms with van der Waals surface area (Å²) < 4.78 is 7.00.